The van der Waals surface area contributed by atoms with E-state index in [4.69, 9.17) is 10.5 Å². The number of amides is 1. The fourth-order valence-electron chi connectivity index (χ4n) is 2.82. The van der Waals surface area contributed by atoms with E-state index in [0.717, 1.165) is 42.5 Å². The molecule has 5 heteroatoms. The Hall–Kier alpha value is -1.07. The maximum Gasteiger partial charge on any atom is 0.222 e. The lowest BCUT2D eigenvalue weighted by Crippen LogP contribution is -2.48. The number of unbranched alkanes of at least 4 members (excludes halogenated alkanes) is 1. The Kier molecular flexibility index (Phi) is 6.70. The zero-order valence-electron chi connectivity index (χ0n) is 13.1. The molecule has 0 aromatic heterocycles. The Morgan fingerprint density at radius 2 is 2.09 bits per heavy atom. The quantitative estimate of drug-likeness (QED) is 0.783. The number of nitrogens with zero attached hydrogens (tertiary/aromatic N) is 1. The fraction of sp³-hybridized carbons (Fsp3) is 0.588. The average molecular weight is 369 g/mol. The summed E-state index contributed by atoms with van der Waals surface area (Å²) < 4.78 is 6.70. The van der Waals surface area contributed by atoms with Gasteiger partial charge in [-0.2, -0.15) is 0 Å². The first kappa shape index (κ1) is 17.3. The van der Waals surface area contributed by atoms with E-state index in [-0.39, 0.29) is 18.0 Å². The molecule has 1 aliphatic heterocycles. The monoisotopic (exact) mass is 368 g/mol. The highest BCUT2D eigenvalue weighted by Gasteiger charge is 2.26. The summed E-state index contributed by atoms with van der Waals surface area (Å²) in [5.74, 6) is 1.12. The van der Waals surface area contributed by atoms with Gasteiger partial charge in [-0.25, -0.2) is 0 Å². The lowest BCUT2D eigenvalue weighted by Gasteiger charge is -2.36. The van der Waals surface area contributed by atoms with Crippen LogP contribution in [0.5, 0.6) is 5.75 Å². The van der Waals surface area contributed by atoms with Gasteiger partial charge in [0.2, 0.25) is 5.91 Å². The summed E-state index contributed by atoms with van der Waals surface area (Å²) in [5, 5.41) is 0. The first-order chi connectivity index (χ1) is 10.6. The van der Waals surface area contributed by atoms with E-state index in [1.165, 1.54) is 0 Å². The van der Waals surface area contributed by atoms with Crippen molar-refractivity contribution in [2.45, 2.75) is 51.1 Å². The van der Waals surface area contributed by atoms with Gasteiger partial charge in [0.15, 0.2) is 0 Å². The Balaban J connectivity index is 1.62. The topological polar surface area (TPSA) is 55.6 Å². The molecule has 22 heavy (non-hydrogen) atoms. The highest BCUT2D eigenvalue weighted by molar-refractivity contribution is 9.10. The number of nitrogens with two attached hydrogens (primary N) is 1. The van der Waals surface area contributed by atoms with Crippen molar-refractivity contribution in [1.82, 2.24) is 4.90 Å². The van der Waals surface area contributed by atoms with Crippen molar-refractivity contribution >= 4 is 21.8 Å². The van der Waals surface area contributed by atoms with Crippen LogP contribution in [0, 0.1) is 0 Å². The minimum absolute atomic E-state index is 0.248. The van der Waals surface area contributed by atoms with Crippen LogP contribution in [0.25, 0.3) is 0 Å². The number of halogens is 1. The third kappa shape index (κ3) is 5.29. The summed E-state index contributed by atoms with van der Waals surface area (Å²) in [5.41, 5.74) is 5.93. The normalized spacial score (nSPS) is 21.7. The molecule has 0 unspecified atom stereocenters. The highest BCUT2D eigenvalue weighted by atomic mass is 79.9. The third-order valence-corrected chi connectivity index (χ3v) is 4.63. The van der Waals surface area contributed by atoms with Crippen LogP contribution in [0.2, 0.25) is 0 Å². The van der Waals surface area contributed by atoms with Crippen molar-refractivity contribution in [1.29, 1.82) is 0 Å². The van der Waals surface area contributed by atoms with Crippen molar-refractivity contribution in [2.75, 3.05) is 13.2 Å². The lowest BCUT2D eigenvalue weighted by atomic mass is 9.98. The molecule has 2 N–H and O–H groups in total. The minimum Gasteiger partial charge on any atom is -0.494 e. The van der Waals surface area contributed by atoms with Crippen LogP contribution in [-0.4, -0.2) is 36.0 Å². The molecule has 1 fully saturated rings. The second kappa shape index (κ2) is 8.53. The number of carbonyl (C=O) groups is 1. The summed E-state index contributed by atoms with van der Waals surface area (Å²) in [7, 11) is 0. The predicted molar refractivity (Wildman–Crippen MR) is 91.9 cm³/mol. The first-order valence-corrected chi connectivity index (χ1v) is 8.79. The minimum atomic E-state index is 0.248. The predicted octanol–water partition coefficient (Wildman–Crippen LogP) is 3.34. The van der Waals surface area contributed by atoms with Crippen LogP contribution < -0.4 is 10.5 Å². The molecular weight excluding hydrogens is 344 g/mol. The summed E-state index contributed by atoms with van der Waals surface area (Å²) in [6, 6.07) is 8.32. The summed E-state index contributed by atoms with van der Waals surface area (Å²) in [4.78, 5) is 14.2. The molecule has 0 spiro atoms. The lowest BCUT2D eigenvalue weighted by molar-refractivity contribution is -0.134. The maximum absolute atomic E-state index is 12.2. The second-order valence-electron chi connectivity index (χ2n) is 5.98. The van der Waals surface area contributed by atoms with Crippen molar-refractivity contribution in [2.24, 2.45) is 5.73 Å². The van der Waals surface area contributed by atoms with Crippen LogP contribution in [-0.2, 0) is 4.79 Å². The molecule has 1 aliphatic rings. The number of hydrogen-bond donors (Lipinski definition) is 1. The van der Waals surface area contributed by atoms with Gasteiger partial charge in [-0.3, -0.25) is 4.79 Å². The Morgan fingerprint density at radius 3 is 2.77 bits per heavy atom. The Labute approximate surface area is 141 Å². The number of hydrogen-bond acceptors (Lipinski definition) is 3. The Bertz CT molecular complexity index is 478. The molecule has 1 amide bonds. The SMILES string of the molecule is C[C@H]1C[C@H](N)CCN1C(=O)CCCCOc1ccc(Br)cc1. The van der Waals surface area contributed by atoms with Gasteiger partial charge < -0.3 is 15.4 Å². The van der Waals surface area contributed by atoms with E-state index in [0.29, 0.717) is 13.0 Å². The highest BCUT2D eigenvalue weighted by Crippen LogP contribution is 2.18. The second-order valence-corrected chi connectivity index (χ2v) is 6.90. The maximum atomic E-state index is 12.2. The van der Waals surface area contributed by atoms with Crippen LogP contribution in [0.3, 0.4) is 0 Å². The number of likely N-dealkylation sites (tertiary alicyclic amines) is 1. The van der Waals surface area contributed by atoms with Gasteiger partial charge in [0, 0.05) is 29.5 Å². The molecule has 2 atom stereocenters. The van der Waals surface area contributed by atoms with Crippen molar-refractivity contribution < 1.29 is 9.53 Å². The molecule has 1 aromatic rings. The van der Waals surface area contributed by atoms with Crippen LogP contribution >= 0.6 is 15.9 Å². The van der Waals surface area contributed by atoms with Crippen molar-refractivity contribution in [3.05, 3.63) is 28.7 Å². The molecule has 0 radical (unpaired) electrons. The van der Waals surface area contributed by atoms with Crippen LogP contribution in [0.4, 0.5) is 0 Å². The van der Waals surface area contributed by atoms with Gasteiger partial charge in [0.05, 0.1) is 6.61 Å². The summed E-state index contributed by atoms with van der Waals surface area (Å²) in [6.07, 6.45) is 4.19. The van der Waals surface area contributed by atoms with E-state index in [2.05, 4.69) is 22.9 Å². The van der Waals surface area contributed by atoms with E-state index in [9.17, 15) is 4.79 Å². The molecule has 0 bridgehead atoms. The number of benzene rings is 1. The van der Waals surface area contributed by atoms with Gasteiger partial charge in [0.25, 0.3) is 0 Å². The Morgan fingerprint density at radius 1 is 1.36 bits per heavy atom. The third-order valence-electron chi connectivity index (χ3n) is 4.10. The van der Waals surface area contributed by atoms with E-state index >= 15 is 0 Å². The van der Waals surface area contributed by atoms with Gasteiger partial charge in [-0.1, -0.05) is 15.9 Å². The smallest absolute Gasteiger partial charge is 0.222 e. The van der Waals surface area contributed by atoms with Gasteiger partial charge >= 0.3 is 0 Å². The standard InChI is InChI=1S/C17H25BrN2O2/c1-13-12-15(19)9-10-20(13)17(21)4-2-3-11-22-16-7-5-14(18)6-8-16/h5-8,13,15H,2-4,9-12,19H2,1H3/t13-,15+/m0/s1. The molecule has 122 valence electrons. The van der Waals surface area contributed by atoms with Gasteiger partial charge in [-0.15, -0.1) is 0 Å². The molecule has 1 heterocycles. The molecule has 0 aliphatic carbocycles. The fourth-order valence-corrected chi connectivity index (χ4v) is 3.09. The number of piperidine rings is 1. The molecule has 4 nitrogen and oxygen atoms in total. The van der Waals surface area contributed by atoms with E-state index < -0.39 is 0 Å². The molecular formula is C17H25BrN2O2. The zero-order chi connectivity index (χ0) is 15.9. The number of ether oxygens (including phenoxy) is 1. The van der Waals surface area contributed by atoms with Gasteiger partial charge in [-0.05, 0) is 56.9 Å². The van der Waals surface area contributed by atoms with Crippen LogP contribution in [0.1, 0.15) is 39.0 Å². The van der Waals surface area contributed by atoms with E-state index in [1.807, 2.05) is 29.2 Å². The molecule has 1 aromatic carbocycles. The van der Waals surface area contributed by atoms with Crippen molar-refractivity contribution in [3.8, 4) is 5.75 Å². The molecule has 1 saturated heterocycles. The van der Waals surface area contributed by atoms with Gasteiger partial charge in [0.1, 0.15) is 5.75 Å². The number of rotatable bonds is 6. The van der Waals surface area contributed by atoms with Crippen molar-refractivity contribution in [3.63, 3.8) is 0 Å². The summed E-state index contributed by atoms with van der Waals surface area (Å²) in [6.45, 7) is 3.54. The first-order valence-electron chi connectivity index (χ1n) is 7.99. The van der Waals surface area contributed by atoms with Crippen LogP contribution in [0.15, 0.2) is 28.7 Å². The average Bonchev–Trinajstić information content (AvgIpc) is 2.48. The largest absolute Gasteiger partial charge is 0.494 e. The number of carbonyl (C=O) groups excluding carboxylic acids is 1. The zero-order valence-corrected chi connectivity index (χ0v) is 14.7. The van der Waals surface area contributed by atoms with E-state index in [1.54, 1.807) is 0 Å². The summed E-state index contributed by atoms with van der Waals surface area (Å²) >= 11 is 3.40. The molecule has 0 saturated carbocycles. The molecule has 2 rings (SSSR count).